The number of carbonyl (C=O) groups is 3. The molecule has 1 saturated heterocycles. The van der Waals surface area contributed by atoms with Gasteiger partial charge in [0.15, 0.2) is 0 Å². The van der Waals surface area contributed by atoms with E-state index < -0.39 is 23.8 Å². The first kappa shape index (κ1) is 25.9. The van der Waals surface area contributed by atoms with E-state index in [9.17, 15) is 19.5 Å². The minimum Gasteiger partial charge on any atom is -0.481 e. The van der Waals surface area contributed by atoms with Gasteiger partial charge in [-0.3, -0.25) is 14.4 Å². The largest absolute Gasteiger partial charge is 0.481 e. The molecule has 0 radical (unpaired) electrons. The fourth-order valence-electron chi connectivity index (χ4n) is 5.01. The second-order valence-corrected chi connectivity index (χ2v) is 9.91. The number of aliphatic carboxylic acids is 1. The number of hydrogen-bond acceptors (Lipinski definition) is 4. The zero-order valence-corrected chi connectivity index (χ0v) is 20.5. The Bertz CT molecular complexity index is 869. The maximum absolute atomic E-state index is 13.4. The van der Waals surface area contributed by atoms with Crippen molar-refractivity contribution in [2.45, 2.75) is 77.7 Å². The van der Waals surface area contributed by atoms with Crippen LogP contribution in [0.25, 0.3) is 0 Å². The van der Waals surface area contributed by atoms with Crippen LogP contribution in [-0.2, 0) is 25.7 Å². The zero-order valence-electron chi connectivity index (χ0n) is 20.5. The fourth-order valence-corrected chi connectivity index (χ4v) is 5.01. The molecule has 2 aliphatic rings. The van der Waals surface area contributed by atoms with E-state index in [0.29, 0.717) is 38.8 Å². The van der Waals surface area contributed by atoms with Gasteiger partial charge in [-0.05, 0) is 37.2 Å². The van der Waals surface area contributed by atoms with Crippen molar-refractivity contribution in [2.24, 2.45) is 17.8 Å². The average molecular weight is 471 g/mol. The van der Waals surface area contributed by atoms with Crippen LogP contribution in [-0.4, -0.2) is 52.5 Å². The van der Waals surface area contributed by atoms with Gasteiger partial charge in [-0.15, -0.1) is 0 Å². The molecular formula is C27H38N2O5. The van der Waals surface area contributed by atoms with E-state index in [4.69, 9.17) is 4.74 Å². The Hall–Kier alpha value is -2.67. The first-order valence-electron chi connectivity index (χ1n) is 12.5. The Morgan fingerprint density at radius 2 is 1.94 bits per heavy atom. The van der Waals surface area contributed by atoms with E-state index in [-0.39, 0.29) is 29.9 Å². The van der Waals surface area contributed by atoms with Crippen molar-refractivity contribution in [3.05, 3.63) is 48.0 Å². The Morgan fingerprint density at radius 1 is 1.21 bits per heavy atom. The number of carboxylic acid groups (broad SMARTS) is 1. The Morgan fingerprint density at radius 3 is 2.59 bits per heavy atom. The van der Waals surface area contributed by atoms with Crippen molar-refractivity contribution >= 4 is 17.8 Å². The fraction of sp³-hybridized carbons (Fsp3) is 0.593. The van der Waals surface area contributed by atoms with Crippen LogP contribution in [0.5, 0.6) is 0 Å². The molecule has 2 amide bonds. The summed E-state index contributed by atoms with van der Waals surface area (Å²) in [6, 6.07) is 9.21. The summed E-state index contributed by atoms with van der Waals surface area (Å²) in [4.78, 5) is 40.3. The van der Waals surface area contributed by atoms with E-state index in [2.05, 4.69) is 5.32 Å². The van der Waals surface area contributed by atoms with E-state index in [1.807, 2.05) is 63.3 Å². The molecule has 0 saturated carbocycles. The summed E-state index contributed by atoms with van der Waals surface area (Å²) < 4.78 is 6.07. The van der Waals surface area contributed by atoms with Gasteiger partial charge in [0.25, 0.3) is 0 Å². The second kappa shape index (κ2) is 12.2. The number of nitrogens with zero attached hydrogens (tertiary/aromatic N) is 1. The quantitative estimate of drug-likeness (QED) is 0.480. The lowest BCUT2D eigenvalue weighted by Crippen LogP contribution is -2.51. The smallest absolute Gasteiger partial charge is 0.307 e. The lowest BCUT2D eigenvalue weighted by molar-refractivity contribution is -0.148. The third kappa shape index (κ3) is 6.69. The highest BCUT2D eigenvalue weighted by Gasteiger charge is 2.41. The van der Waals surface area contributed by atoms with Crippen LogP contribution >= 0.6 is 0 Å². The van der Waals surface area contributed by atoms with Crippen molar-refractivity contribution in [3.63, 3.8) is 0 Å². The van der Waals surface area contributed by atoms with Gasteiger partial charge in [0.05, 0.1) is 30.6 Å². The third-order valence-corrected chi connectivity index (χ3v) is 6.73. The molecule has 1 aromatic rings. The molecule has 5 atom stereocenters. The van der Waals surface area contributed by atoms with Crippen LogP contribution < -0.4 is 5.32 Å². The molecule has 7 nitrogen and oxygen atoms in total. The number of nitrogens with one attached hydrogen (secondary N) is 1. The molecule has 3 rings (SSSR count). The van der Waals surface area contributed by atoms with Gasteiger partial charge in [-0.25, -0.2) is 0 Å². The summed E-state index contributed by atoms with van der Waals surface area (Å²) in [7, 11) is 0. The number of amides is 2. The van der Waals surface area contributed by atoms with Crippen molar-refractivity contribution in [1.82, 2.24) is 10.2 Å². The summed E-state index contributed by atoms with van der Waals surface area (Å²) in [5.74, 6) is -2.65. The normalized spacial score (nSPS) is 23.9. The lowest BCUT2D eigenvalue weighted by Gasteiger charge is -2.29. The molecule has 2 aliphatic heterocycles. The standard InChI is InChI=1S/C27H38N2O5/c1-4-9-22(27(32)33)23(14-18(2)3)25(30)28-24-13-8-12-20-15-21(16-29(20)26(24)31)34-17-19-10-6-5-7-11-19/h5-8,10-12,18,20-24H,4,9,13-17H2,1-3H3,(H,28,30)(H,32,33)/t20-,21-,22+,23-,24+/m1/s1. The number of ether oxygens (including phenoxy) is 1. The number of carboxylic acids is 1. The molecule has 2 N–H and O–H groups in total. The SMILES string of the molecule is CCC[C@H](C(=O)O)[C@@H](CC(C)C)C(=O)N[C@H]1CC=C[C@@H]2C[C@@H](OCc3ccccc3)CN2C1=O. The van der Waals surface area contributed by atoms with Crippen LogP contribution in [0.1, 0.15) is 58.4 Å². The maximum Gasteiger partial charge on any atom is 0.307 e. The molecule has 1 fully saturated rings. The first-order chi connectivity index (χ1) is 16.3. The van der Waals surface area contributed by atoms with Gasteiger partial charge >= 0.3 is 5.97 Å². The van der Waals surface area contributed by atoms with Gasteiger partial charge in [0, 0.05) is 6.54 Å². The third-order valence-electron chi connectivity index (χ3n) is 6.73. The van der Waals surface area contributed by atoms with Crippen LogP contribution in [0, 0.1) is 17.8 Å². The van der Waals surface area contributed by atoms with Crippen molar-refractivity contribution in [3.8, 4) is 0 Å². The molecular weight excluding hydrogens is 432 g/mol. The highest BCUT2D eigenvalue weighted by atomic mass is 16.5. The molecule has 0 aliphatic carbocycles. The summed E-state index contributed by atoms with van der Waals surface area (Å²) in [5, 5.41) is 12.7. The molecule has 0 spiro atoms. The van der Waals surface area contributed by atoms with E-state index >= 15 is 0 Å². The molecule has 34 heavy (non-hydrogen) atoms. The molecule has 2 heterocycles. The first-order valence-corrected chi connectivity index (χ1v) is 12.5. The number of fused-ring (bicyclic) bond motifs is 1. The summed E-state index contributed by atoms with van der Waals surface area (Å²) in [6.07, 6.45) is 6.64. The highest BCUT2D eigenvalue weighted by Crippen LogP contribution is 2.28. The van der Waals surface area contributed by atoms with Gasteiger partial charge in [0.2, 0.25) is 11.8 Å². The highest BCUT2D eigenvalue weighted by molar-refractivity contribution is 5.91. The van der Waals surface area contributed by atoms with Crippen molar-refractivity contribution in [2.75, 3.05) is 6.54 Å². The van der Waals surface area contributed by atoms with Gasteiger partial charge in [-0.1, -0.05) is 69.7 Å². The minimum atomic E-state index is -0.951. The predicted octanol–water partition coefficient (Wildman–Crippen LogP) is 3.78. The van der Waals surface area contributed by atoms with Crippen LogP contribution in [0.15, 0.2) is 42.5 Å². The van der Waals surface area contributed by atoms with E-state index in [1.54, 1.807) is 4.90 Å². The van der Waals surface area contributed by atoms with E-state index in [1.165, 1.54) is 0 Å². The Balaban J connectivity index is 1.65. The zero-order chi connectivity index (χ0) is 24.7. The Kier molecular flexibility index (Phi) is 9.28. The summed E-state index contributed by atoms with van der Waals surface area (Å²) in [5.41, 5.74) is 1.09. The molecule has 186 valence electrons. The summed E-state index contributed by atoms with van der Waals surface area (Å²) >= 11 is 0. The van der Waals surface area contributed by atoms with E-state index in [0.717, 1.165) is 12.0 Å². The second-order valence-electron chi connectivity index (χ2n) is 9.91. The van der Waals surface area contributed by atoms with Crippen LogP contribution in [0.2, 0.25) is 0 Å². The predicted molar refractivity (Wildman–Crippen MR) is 130 cm³/mol. The minimum absolute atomic E-state index is 0.0477. The molecule has 0 aromatic heterocycles. The monoisotopic (exact) mass is 470 g/mol. The molecule has 7 heteroatoms. The van der Waals surface area contributed by atoms with Crippen molar-refractivity contribution < 1.29 is 24.2 Å². The average Bonchev–Trinajstić information content (AvgIpc) is 3.16. The topological polar surface area (TPSA) is 95.9 Å². The molecule has 0 bridgehead atoms. The number of rotatable bonds is 11. The Labute approximate surface area is 202 Å². The number of benzene rings is 1. The lowest BCUT2D eigenvalue weighted by atomic mass is 9.82. The summed E-state index contributed by atoms with van der Waals surface area (Å²) in [6.45, 7) is 6.86. The van der Waals surface area contributed by atoms with Crippen molar-refractivity contribution in [1.29, 1.82) is 0 Å². The number of carbonyl (C=O) groups excluding carboxylic acids is 2. The van der Waals surface area contributed by atoms with Gasteiger partial charge < -0.3 is 20.1 Å². The van der Waals surface area contributed by atoms with Gasteiger partial charge in [0.1, 0.15) is 6.04 Å². The van der Waals surface area contributed by atoms with Crippen LogP contribution in [0.4, 0.5) is 0 Å². The van der Waals surface area contributed by atoms with Gasteiger partial charge in [-0.2, -0.15) is 0 Å². The van der Waals surface area contributed by atoms with Crippen LogP contribution in [0.3, 0.4) is 0 Å². The molecule has 0 unspecified atom stereocenters. The molecule has 1 aromatic carbocycles. The number of hydrogen-bond donors (Lipinski definition) is 2. The maximum atomic E-state index is 13.4.